The Balaban J connectivity index is 2.29. The van der Waals surface area contributed by atoms with Gasteiger partial charge in [-0.25, -0.2) is 4.98 Å². The lowest BCUT2D eigenvalue weighted by atomic mass is 10.0. The summed E-state index contributed by atoms with van der Waals surface area (Å²) in [7, 11) is 1.59. The first-order chi connectivity index (χ1) is 11.5. The molecule has 1 aromatic heterocycles. The third-order valence-electron chi connectivity index (χ3n) is 3.86. The van der Waals surface area contributed by atoms with Crippen LogP contribution in [0.2, 0.25) is 5.02 Å². The third kappa shape index (κ3) is 2.85. The number of nitrogens with zero attached hydrogens (tertiary/aromatic N) is 1. The Labute approximate surface area is 145 Å². The van der Waals surface area contributed by atoms with Gasteiger partial charge >= 0.3 is 0 Å². The van der Waals surface area contributed by atoms with Gasteiger partial charge in [0.25, 0.3) is 0 Å². The van der Waals surface area contributed by atoms with Crippen LogP contribution in [0, 0.1) is 6.92 Å². The highest BCUT2D eigenvalue weighted by atomic mass is 35.5. The highest BCUT2D eigenvalue weighted by Crippen LogP contribution is 2.38. The lowest BCUT2D eigenvalue weighted by Crippen LogP contribution is -1.97. The van der Waals surface area contributed by atoms with Crippen LogP contribution in [0.1, 0.15) is 12.5 Å². The third-order valence-corrected chi connectivity index (χ3v) is 4.16. The minimum atomic E-state index is 0.141. The van der Waals surface area contributed by atoms with Crippen LogP contribution in [0.5, 0.6) is 17.2 Å². The summed E-state index contributed by atoms with van der Waals surface area (Å²) in [6, 6.07) is 10.7. The number of phenols is 1. The number of halogens is 1. The van der Waals surface area contributed by atoms with Gasteiger partial charge in [0, 0.05) is 10.9 Å². The fourth-order valence-corrected chi connectivity index (χ4v) is 2.89. The first kappa shape index (κ1) is 16.4. The Hall–Kier alpha value is -2.46. The highest BCUT2D eigenvalue weighted by molar-refractivity contribution is 6.33. The molecule has 124 valence electrons. The maximum absolute atomic E-state index is 10.2. The van der Waals surface area contributed by atoms with Crippen molar-refractivity contribution in [3.63, 3.8) is 0 Å². The lowest BCUT2D eigenvalue weighted by Gasteiger charge is -2.13. The van der Waals surface area contributed by atoms with Crippen molar-refractivity contribution in [1.82, 2.24) is 4.98 Å². The van der Waals surface area contributed by atoms with Crippen molar-refractivity contribution in [3.05, 3.63) is 47.0 Å². The smallest absolute Gasteiger partial charge is 0.164 e. The Morgan fingerprint density at radius 1 is 1.17 bits per heavy atom. The fraction of sp³-hybridized carbons (Fsp3) is 0.211. The molecular formula is C19H18ClNO3. The highest BCUT2D eigenvalue weighted by Gasteiger charge is 2.15. The van der Waals surface area contributed by atoms with Gasteiger partial charge in [0.05, 0.1) is 24.4 Å². The Morgan fingerprint density at radius 3 is 2.67 bits per heavy atom. The van der Waals surface area contributed by atoms with E-state index in [-0.39, 0.29) is 5.75 Å². The van der Waals surface area contributed by atoms with E-state index in [2.05, 4.69) is 0 Å². The summed E-state index contributed by atoms with van der Waals surface area (Å²) in [6.07, 6.45) is 0. The molecule has 0 amide bonds. The van der Waals surface area contributed by atoms with Crippen molar-refractivity contribution in [2.24, 2.45) is 0 Å². The number of hydrogen-bond acceptors (Lipinski definition) is 4. The second-order valence-corrected chi connectivity index (χ2v) is 5.82. The van der Waals surface area contributed by atoms with Gasteiger partial charge in [-0.1, -0.05) is 17.7 Å². The molecule has 4 nitrogen and oxygen atoms in total. The standard InChI is InChI=1S/C19H18ClNO3/c1-4-24-19-15(20)7-6-13-11(2)9-16(21-18(13)19)14-10-12(23-3)5-8-17(14)22/h5-10,22H,4H2,1-3H3. The van der Waals surface area contributed by atoms with Gasteiger partial charge in [-0.05, 0) is 49.7 Å². The molecular weight excluding hydrogens is 326 g/mol. The maximum atomic E-state index is 10.2. The van der Waals surface area contributed by atoms with E-state index in [4.69, 9.17) is 26.1 Å². The number of fused-ring (bicyclic) bond motifs is 1. The quantitative estimate of drug-likeness (QED) is 0.726. The van der Waals surface area contributed by atoms with Gasteiger partial charge in [-0.15, -0.1) is 0 Å². The molecule has 0 unspecified atom stereocenters. The number of methoxy groups -OCH3 is 1. The molecule has 0 atom stereocenters. The molecule has 0 radical (unpaired) electrons. The van der Waals surface area contributed by atoms with Crippen molar-refractivity contribution >= 4 is 22.5 Å². The zero-order chi connectivity index (χ0) is 17.3. The minimum Gasteiger partial charge on any atom is -0.507 e. The number of aromatic nitrogens is 1. The molecule has 0 spiro atoms. The first-order valence-electron chi connectivity index (χ1n) is 7.65. The molecule has 5 heteroatoms. The van der Waals surface area contributed by atoms with E-state index in [0.29, 0.717) is 39.9 Å². The van der Waals surface area contributed by atoms with Crippen LogP contribution >= 0.6 is 11.6 Å². The zero-order valence-electron chi connectivity index (χ0n) is 13.8. The maximum Gasteiger partial charge on any atom is 0.164 e. The minimum absolute atomic E-state index is 0.141. The normalized spacial score (nSPS) is 10.8. The predicted octanol–water partition coefficient (Wildman–Crippen LogP) is 4.98. The van der Waals surface area contributed by atoms with Crippen LogP contribution in [-0.2, 0) is 0 Å². The van der Waals surface area contributed by atoms with Crippen LogP contribution < -0.4 is 9.47 Å². The summed E-state index contributed by atoms with van der Waals surface area (Å²) >= 11 is 6.28. The van der Waals surface area contributed by atoms with Crippen LogP contribution in [0.25, 0.3) is 22.2 Å². The van der Waals surface area contributed by atoms with Crippen molar-refractivity contribution in [3.8, 4) is 28.5 Å². The molecule has 1 heterocycles. The van der Waals surface area contributed by atoms with Gasteiger partial charge in [0.2, 0.25) is 0 Å². The van der Waals surface area contributed by atoms with Crippen molar-refractivity contribution in [1.29, 1.82) is 0 Å². The van der Waals surface area contributed by atoms with Crippen molar-refractivity contribution < 1.29 is 14.6 Å². The average molecular weight is 344 g/mol. The Kier molecular flexibility index (Phi) is 4.49. The van der Waals surface area contributed by atoms with Crippen LogP contribution in [0.4, 0.5) is 0 Å². The van der Waals surface area contributed by atoms with Gasteiger partial charge in [-0.2, -0.15) is 0 Å². The van der Waals surface area contributed by atoms with E-state index in [1.807, 2.05) is 32.0 Å². The second-order valence-electron chi connectivity index (χ2n) is 5.41. The number of pyridine rings is 1. The average Bonchev–Trinajstić information content (AvgIpc) is 2.58. The van der Waals surface area contributed by atoms with Crippen LogP contribution in [0.15, 0.2) is 36.4 Å². The van der Waals surface area contributed by atoms with Crippen molar-refractivity contribution in [2.45, 2.75) is 13.8 Å². The summed E-state index contributed by atoms with van der Waals surface area (Å²) < 4.78 is 10.9. The number of phenolic OH excluding ortho intramolecular Hbond substituents is 1. The number of aromatic hydroxyl groups is 1. The van der Waals surface area contributed by atoms with E-state index < -0.39 is 0 Å². The monoisotopic (exact) mass is 343 g/mol. The molecule has 3 rings (SSSR count). The zero-order valence-corrected chi connectivity index (χ0v) is 14.5. The molecule has 0 saturated heterocycles. The largest absolute Gasteiger partial charge is 0.507 e. The first-order valence-corrected chi connectivity index (χ1v) is 8.03. The molecule has 0 aliphatic heterocycles. The molecule has 3 aromatic rings. The van der Waals surface area contributed by atoms with Gasteiger partial charge in [0.15, 0.2) is 5.75 Å². The van der Waals surface area contributed by atoms with E-state index in [1.165, 1.54) is 0 Å². The molecule has 2 aromatic carbocycles. The molecule has 0 aliphatic carbocycles. The van der Waals surface area contributed by atoms with Crippen LogP contribution in [0.3, 0.4) is 0 Å². The van der Waals surface area contributed by atoms with E-state index in [1.54, 1.807) is 25.3 Å². The Bertz CT molecular complexity index is 909. The van der Waals surface area contributed by atoms with E-state index >= 15 is 0 Å². The summed E-state index contributed by atoms with van der Waals surface area (Å²) in [5, 5.41) is 11.7. The summed E-state index contributed by atoms with van der Waals surface area (Å²) in [6.45, 7) is 4.39. The number of hydrogen-bond donors (Lipinski definition) is 1. The number of rotatable bonds is 4. The molecule has 0 saturated carbocycles. The van der Waals surface area contributed by atoms with Crippen molar-refractivity contribution in [2.75, 3.05) is 13.7 Å². The Morgan fingerprint density at radius 2 is 1.96 bits per heavy atom. The summed E-state index contributed by atoms with van der Waals surface area (Å²) in [5.74, 6) is 1.35. The molecule has 0 aliphatic rings. The number of ether oxygens (including phenoxy) is 2. The SMILES string of the molecule is CCOc1c(Cl)ccc2c(C)cc(-c3cc(OC)ccc3O)nc12. The van der Waals surface area contributed by atoms with Crippen LogP contribution in [-0.4, -0.2) is 23.8 Å². The summed E-state index contributed by atoms with van der Waals surface area (Å²) in [4.78, 5) is 4.70. The van der Waals surface area contributed by atoms with Gasteiger partial charge in [-0.3, -0.25) is 0 Å². The second kappa shape index (κ2) is 6.57. The van der Waals surface area contributed by atoms with Gasteiger partial charge in [0.1, 0.15) is 17.0 Å². The van der Waals surface area contributed by atoms with Gasteiger partial charge < -0.3 is 14.6 Å². The fourth-order valence-electron chi connectivity index (χ4n) is 2.68. The predicted molar refractivity (Wildman–Crippen MR) is 96.3 cm³/mol. The van der Waals surface area contributed by atoms with E-state index in [0.717, 1.165) is 10.9 Å². The topological polar surface area (TPSA) is 51.6 Å². The lowest BCUT2D eigenvalue weighted by molar-refractivity contribution is 0.344. The molecule has 24 heavy (non-hydrogen) atoms. The summed E-state index contributed by atoms with van der Waals surface area (Å²) in [5.41, 5.74) is 2.94. The molecule has 0 fully saturated rings. The number of aryl methyl sites for hydroxylation is 1. The molecule has 0 bridgehead atoms. The van der Waals surface area contributed by atoms with E-state index in [9.17, 15) is 5.11 Å². The number of benzene rings is 2. The molecule has 1 N–H and O–H groups in total.